The summed E-state index contributed by atoms with van der Waals surface area (Å²) in [6.45, 7) is 0. The summed E-state index contributed by atoms with van der Waals surface area (Å²) in [4.78, 5) is 18.0. The maximum atomic E-state index is 12.6. The molecule has 0 saturated heterocycles. The number of hydrogen-bond donors (Lipinski definition) is 1. The van der Waals surface area contributed by atoms with Crippen LogP contribution >= 0.6 is 0 Å². The van der Waals surface area contributed by atoms with Gasteiger partial charge in [0.1, 0.15) is 0 Å². The Bertz CT molecular complexity index is 739. The molecule has 1 saturated carbocycles. The van der Waals surface area contributed by atoms with E-state index in [1.807, 2.05) is 48.5 Å². The Balaban J connectivity index is 1.42. The summed E-state index contributed by atoms with van der Waals surface area (Å²) in [5.41, 5.74) is 3.00. The third-order valence-electron chi connectivity index (χ3n) is 4.62. The van der Waals surface area contributed by atoms with Crippen molar-refractivity contribution < 1.29 is 9.63 Å². The molecule has 0 unspecified atom stereocenters. The number of carbonyl (C=O) groups excluding carboxylic acids is 1. The number of nitrogens with zero attached hydrogens (tertiary/aromatic N) is 1. The average Bonchev–Trinajstić information content (AvgIpc) is 3.36. The Morgan fingerprint density at radius 2 is 1.71 bits per heavy atom. The summed E-state index contributed by atoms with van der Waals surface area (Å²) in [5.74, 6) is 0.456. The lowest BCUT2D eigenvalue weighted by Crippen LogP contribution is -2.38. The van der Waals surface area contributed by atoms with E-state index < -0.39 is 6.10 Å². The first-order valence-electron chi connectivity index (χ1n) is 8.45. The van der Waals surface area contributed by atoms with Crippen LogP contribution in [0.1, 0.15) is 36.4 Å². The minimum absolute atomic E-state index is 0.0723. The Kier molecular flexibility index (Phi) is 4.03. The molecule has 1 aliphatic carbocycles. The van der Waals surface area contributed by atoms with Gasteiger partial charge in [0.2, 0.25) is 6.10 Å². The molecule has 4 heteroatoms. The van der Waals surface area contributed by atoms with Gasteiger partial charge < -0.3 is 10.2 Å². The third-order valence-corrected chi connectivity index (χ3v) is 4.62. The van der Waals surface area contributed by atoms with E-state index in [0.29, 0.717) is 12.3 Å². The van der Waals surface area contributed by atoms with Crippen LogP contribution in [0.15, 0.2) is 65.8 Å². The number of oxime groups is 1. The molecule has 1 fully saturated rings. The van der Waals surface area contributed by atoms with E-state index in [9.17, 15) is 4.79 Å². The molecular weight excluding hydrogens is 300 g/mol. The van der Waals surface area contributed by atoms with E-state index in [1.165, 1.54) is 0 Å². The van der Waals surface area contributed by atoms with E-state index in [4.69, 9.17) is 4.84 Å². The van der Waals surface area contributed by atoms with Crippen LogP contribution in [-0.4, -0.2) is 17.7 Å². The Morgan fingerprint density at radius 3 is 2.38 bits per heavy atom. The largest absolute Gasteiger partial charge is 0.382 e. The van der Waals surface area contributed by atoms with Crippen molar-refractivity contribution in [1.82, 2.24) is 5.32 Å². The fourth-order valence-corrected chi connectivity index (χ4v) is 3.13. The minimum Gasteiger partial charge on any atom is -0.382 e. The Morgan fingerprint density at radius 1 is 1.04 bits per heavy atom. The number of carbonyl (C=O) groups is 1. The molecule has 0 aromatic heterocycles. The molecule has 24 heavy (non-hydrogen) atoms. The highest BCUT2D eigenvalue weighted by atomic mass is 16.6. The standard InChI is InChI=1S/C20H20N2O2/c23-20(18-13-17(22-24-18)14-7-3-1-4-8-14)21-19(16-11-12-16)15-9-5-2-6-10-15/h1-10,16,18-19H,11-13H2,(H,21,23)/t18-,19-/m1/s1. The topological polar surface area (TPSA) is 50.7 Å². The molecule has 2 aliphatic rings. The molecule has 2 aromatic carbocycles. The molecule has 1 amide bonds. The maximum absolute atomic E-state index is 12.6. The Labute approximate surface area is 141 Å². The van der Waals surface area contributed by atoms with Crippen LogP contribution in [0.25, 0.3) is 0 Å². The van der Waals surface area contributed by atoms with E-state index in [-0.39, 0.29) is 11.9 Å². The zero-order chi connectivity index (χ0) is 16.4. The highest BCUT2D eigenvalue weighted by molar-refractivity contribution is 6.04. The molecule has 4 rings (SSSR count). The van der Waals surface area contributed by atoms with Crippen molar-refractivity contribution in [2.45, 2.75) is 31.4 Å². The number of benzene rings is 2. The van der Waals surface area contributed by atoms with E-state index >= 15 is 0 Å². The molecular formula is C20H20N2O2. The molecule has 2 aromatic rings. The first-order valence-corrected chi connectivity index (χ1v) is 8.45. The lowest BCUT2D eigenvalue weighted by molar-refractivity contribution is -0.132. The fraction of sp³-hybridized carbons (Fsp3) is 0.300. The first-order chi connectivity index (χ1) is 11.8. The van der Waals surface area contributed by atoms with Crippen molar-refractivity contribution in [2.75, 3.05) is 0 Å². The number of hydrogen-bond acceptors (Lipinski definition) is 3. The van der Waals surface area contributed by atoms with Gasteiger partial charge in [-0.3, -0.25) is 4.79 Å². The summed E-state index contributed by atoms with van der Waals surface area (Å²) in [6, 6.07) is 20.1. The van der Waals surface area contributed by atoms with Crippen LogP contribution in [0.2, 0.25) is 0 Å². The van der Waals surface area contributed by atoms with E-state index in [2.05, 4.69) is 22.6 Å². The van der Waals surface area contributed by atoms with Crippen molar-refractivity contribution in [3.05, 3.63) is 71.8 Å². The highest BCUT2D eigenvalue weighted by Crippen LogP contribution is 2.41. The monoisotopic (exact) mass is 320 g/mol. The van der Waals surface area contributed by atoms with Crippen molar-refractivity contribution >= 4 is 11.6 Å². The first kappa shape index (κ1) is 14.9. The number of rotatable bonds is 5. The lowest BCUT2D eigenvalue weighted by Gasteiger charge is -2.20. The van der Waals surface area contributed by atoms with Gasteiger partial charge in [0, 0.05) is 6.42 Å². The van der Waals surface area contributed by atoms with Gasteiger partial charge in [-0.2, -0.15) is 0 Å². The molecule has 1 aliphatic heterocycles. The molecule has 1 N–H and O–H groups in total. The predicted molar refractivity (Wildman–Crippen MR) is 92.5 cm³/mol. The average molecular weight is 320 g/mol. The van der Waals surface area contributed by atoms with Crippen molar-refractivity contribution in [2.24, 2.45) is 11.1 Å². The van der Waals surface area contributed by atoms with Gasteiger partial charge in [-0.1, -0.05) is 65.8 Å². The van der Waals surface area contributed by atoms with Gasteiger partial charge in [-0.25, -0.2) is 0 Å². The van der Waals surface area contributed by atoms with Crippen LogP contribution < -0.4 is 5.32 Å². The van der Waals surface area contributed by atoms with Crippen LogP contribution in [0.4, 0.5) is 0 Å². The van der Waals surface area contributed by atoms with Gasteiger partial charge in [0.05, 0.1) is 11.8 Å². The zero-order valence-electron chi connectivity index (χ0n) is 13.4. The van der Waals surface area contributed by atoms with Gasteiger partial charge in [0.25, 0.3) is 5.91 Å². The van der Waals surface area contributed by atoms with Crippen LogP contribution in [-0.2, 0) is 9.63 Å². The van der Waals surface area contributed by atoms with Gasteiger partial charge in [-0.05, 0) is 29.9 Å². The van der Waals surface area contributed by atoms with E-state index in [0.717, 1.165) is 29.7 Å². The normalized spacial score (nSPS) is 20.8. The van der Waals surface area contributed by atoms with E-state index in [1.54, 1.807) is 0 Å². The quantitative estimate of drug-likeness (QED) is 0.917. The molecule has 1 heterocycles. The summed E-state index contributed by atoms with van der Waals surface area (Å²) in [5, 5.41) is 7.28. The third kappa shape index (κ3) is 3.18. The lowest BCUT2D eigenvalue weighted by atomic mass is 10.0. The molecule has 4 nitrogen and oxygen atoms in total. The van der Waals surface area contributed by atoms with Crippen LogP contribution in [0.3, 0.4) is 0 Å². The Hall–Kier alpha value is -2.62. The van der Waals surface area contributed by atoms with Gasteiger partial charge in [0.15, 0.2) is 0 Å². The SMILES string of the molecule is O=C(N[C@H](c1ccccc1)C1CC1)[C@H]1CC(c2ccccc2)=NO1. The van der Waals surface area contributed by atoms with Gasteiger partial charge in [-0.15, -0.1) is 0 Å². The van der Waals surface area contributed by atoms with Crippen molar-refractivity contribution in [3.63, 3.8) is 0 Å². The van der Waals surface area contributed by atoms with Crippen LogP contribution in [0.5, 0.6) is 0 Å². The smallest absolute Gasteiger partial charge is 0.264 e. The number of nitrogens with one attached hydrogen (secondary N) is 1. The molecule has 0 bridgehead atoms. The molecule has 122 valence electrons. The maximum Gasteiger partial charge on any atom is 0.264 e. The second-order valence-corrected chi connectivity index (χ2v) is 6.44. The second kappa shape index (κ2) is 6.48. The minimum atomic E-state index is -0.537. The van der Waals surface area contributed by atoms with Crippen molar-refractivity contribution in [3.8, 4) is 0 Å². The number of amides is 1. The van der Waals surface area contributed by atoms with Gasteiger partial charge >= 0.3 is 0 Å². The highest BCUT2D eigenvalue weighted by Gasteiger charge is 2.36. The fourth-order valence-electron chi connectivity index (χ4n) is 3.13. The summed E-state index contributed by atoms with van der Waals surface area (Å²) in [7, 11) is 0. The molecule has 2 atom stereocenters. The second-order valence-electron chi connectivity index (χ2n) is 6.44. The van der Waals surface area contributed by atoms with Crippen LogP contribution in [0, 0.1) is 5.92 Å². The zero-order valence-corrected chi connectivity index (χ0v) is 13.4. The molecule has 0 spiro atoms. The predicted octanol–water partition coefficient (Wildman–Crippen LogP) is 3.45. The van der Waals surface area contributed by atoms with Crippen molar-refractivity contribution in [1.29, 1.82) is 0 Å². The summed E-state index contributed by atoms with van der Waals surface area (Å²) >= 11 is 0. The summed E-state index contributed by atoms with van der Waals surface area (Å²) < 4.78 is 0. The summed E-state index contributed by atoms with van der Waals surface area (Å²) in [6.07, 6.45) is 2.31. The molecule has 0 radical (unpaired) electrons.